The first-order valence-electron chi connectivity index (χ1n) is 5.79. The van der Waals surface area contributed by atoms with Crippen molar-refractivity contribution >= 4 is 21.8 Å². The number of allylic oxidation sites excluding steroid dienone is 1. The van der Waals surface area contributed by atoms with Crippen LogP contribution < -0.4 is 5.32 Å². The van der Waals surface area contributed by atoms with E-state index in [0.717, 1.165) is 34.0 Å². The van der Waals surface area contributed by atoms with E-state index < -0.39 is 0 Å². The number of rotatable bonds is 4. The van der Waals surface area contributed by atoms with Crippen LogP contribution in [0.5, 0.6) is 0 Å². The molecular formula is C14H18BrNO. The first-order chi connectivity index (χ1) is 8.06. The van der Waals surface area contributed by atoms with Crippen LogP contribution in [0.3, 0.4) is 0 Å². The van der Waals surface area contributed by atoms with E-state index in [-0.39, 0.29) is 5.91 Å². The number of unbranched alkanes of at least 4 members (excludes halogenated alkanes) is 1. The molecule has 0 atom stereocenters. The summed E-state index contributed by atoms with van der Waals surface area (Å²) in [5, 5.41) is 2.79. The Hall–Kier alpha value is -1.09. The standard InChI is InChI=1S/C14H18BrNO/c1-4-5-6-7-16-14(17)13-9-12(15)8-10(2)11(13)3/h6-9H,4-5H2,1-3H3,(H,16,17)/b7-6+. The van der Waals surface area contributed by atoms with Gasteiger partial charge in [0.2, 0.25) is 0 Å². The fraction of sp³-hybridized carbons (Fsp3) is 0.357. The fourth-order valence-corrected chi connectivity index (χ4v) is 2.09. The molecule has 0 aliphatic heterocycles. The molecule has 0 unspecified atom stereocenters. The molecule has 1 aromatic rings. The average Bonchev–Trinajstić information content (AvgIpc) is 2.29. The van der Waals surface area contributed by atoms with Crippen molar-refractivity contribution in [3.63, 3.8) is 0 Å². The fourth-order valence-electron chi connectivity index (χ4n) is 1.51. The third-order valence-corrected chi connectivity index (χ3v) is 3.12. The van der Waals surface area contributed by atoms with E-state index in [1.807, 2.05) is 32.1 Å². The average molecular weight is 296 g/mol. The van der Waals surface area contributed by atoms with Crippen LogP contribution in [0, 0.1) is 13.8 Å². The zero-order valence-corrected chi connectivity index (χ0v) is 12.1. The van der Waals surface area contributed by atoms with Crippen molar-refractivity contribution in [1.82, 2.24) is 5.32 Å². The van der Waals surface area contributed by atoms with Gasteiger partial charge in [-0.3, -0.25) is 4.79 Å². The summed E-state index contributed by atoms with van der Waals surface area (Å²) in [5.74, 6) is -0.0562. The molecule has 0 fully saturated rings. The largest absolute Gasteiger partial charge is 0.329 e. The van der Waals surface area contributed by atoms with Gasteiger partial charge in [-0.15, -0.1) is 0 Å². The molecule has 0 radical (unpaired) electrons. The van der Waals surface area contributed by atoms with Gasteiger partial charge in [0.05, 0.1) is 0 Å². The number of benzene rings is 1. The minimum absolute atomic E-state index is 0.0562. The second-order valence-corrected chi connectivity index (χ2v) is 4.98. The molecule has 0 aliphatic rings. The Labute approximate surface area is 111 Å². The van der Waals surface area contributed by atoms with Gasteiger partial charge in [0, 0.05) is 16.2 Å². The molecule has 1 amide bonds. The van der Waals surface area contributed by atoms with Crippen molar-refractivity contribution in [1.29, 1.82) is 0 Å². The Kier molecular flexibility index (Phi) is 5.42. The SMILES string of the molecule is CCC/C=C/NC(=O)c1cc(Br)cc(C)c1C. The number of hydrogen-bond donors (Lipinski definition) is 1. The minimum atomic E-state index is -0.0562. The van der Waals surface area contributed by atoms with Gasteiger partial charge in [0.1, 0.15) is 0 Å². The molecule has 1 rings (SSSR count). The van der Waals surface area contributed by atoms with Crippen molar-refractivity contribution in [2.45, 2.75) is 33.6 Å². The van der Waals surface area contributed by atoms with Crippen molar-refractivity contribution in [2.75, 3.05) is 0 Å². The molecule has 0 saturated carbocycles. The van der Waals surface area contributed by atoms with Gasteiger partial charge in [-0.05, 0) is 43.5 Å². The van der Waals surface area contributed by atoms with Gasteiger partial charge in [-0.25, -0.2) is 0 Å². The zero-order chi connectivity index (χ0) is 12.8. The first kappa shape index (κ1) is 14.0. The number of amides is 1. The quantitative estimate of drug-likeness (QED) is 0.890. The summed E-state index contributed by atoms with van der Waals surface area (Å²) in [6.45, 7) is 6.07. The van der Waals surface area contributed by atoms with E-state index >= 15 is 0 Å². The Morgan fingerprint density at radius 2 is 2.12 bits per heavy atom. The van der Waals surface area contributed by atoms with Crippen LogP contribution >= 0.6 is 15.9 Å². The summed E-state index contributed by atoms with van der Waals surface area (Å²) in [6, 6.07) is 3.87. The van der Waals surface area contributed by atoms with Crippen LogP contribution in [0.15, 0.2) is 28.9 Å². The van der Waals surface area contributed by atoms with Crippen LogP contribution in [-0.2, 0) is 0 Å². The van der Waals surface area contributed by atoms with Crippen LogP contribution in [0.1, 0.15) is 41.3 Å². The molecule has 0 aliphatic carbocycles. The lowest BCUT2D eigenvalue weighted by Gasteiger charge is -2.08. The number of aryl methyl sites for hydroxylation is 1. The second-order valence-electron chi connectivity index (χ2n) is 4.06. The lowest BCUT2D eigenvalue weighted by Crippen LogP contribution is -2.18. The van der Waals surface area contributed by atoms with E-state index in [9.17, 15) is 4.79 Å². The van der Waals surface area contributed by atoms with Gasteiger partial charge in [-0.1, -0.05) is 35.4 Å². The lowest BCUT2D eigenvalue weighted by atomic mass is 10.0. The Morgan fingerprint density at radius 3 is 2.76 bits per heavy atom. The lowest BCUT2D eigenvalue weighted by molar-refractivity contribution is 0.0969. The molecule has 1 N–H and O–H groups in total. The predicted octanol–water partition coefficient (Wildman–Crippen LogP) is 4.11. The molecule has 1 aromatic carbocycles. The van der Waals surface area contributed by atoms with Gasteiger partial charge in [-0.2, -0.15) is 0 Å². The summed E-state index contributed by atoms with van der Waals surface area (Å²) in [4.78, 5) is 11.9. The van der Waals surface area contributed by atoms with E-state index in [4.69, 9.17) is 0 Å². The molecule has 0 spiro atoms. The van der Waals surface area contributed by atoms with Crippen LogP contribution in [-0.4, -0.2) is 5.91 Å². The number of hydrogen-bond acceptors (Lipinski definition) is 1. The topological polar surface area (TPSA) is 29.1 Å². The summed E-state index contributed by atoms with van der Waals surface area (Å²) < 4.78 is 0.934. The highest BCUT2D eigenvalue weighted by Gasteiger charge is 2.10. The highest BCUT2D eigenvalue weighted by molar-refractivity contribution is 9.10. The molecule has 0 saturated heterocycles. The Bertz CT molecular complexity index is 438. The number of halogens is 1. The third-order valence-electron chi connectivity index (χ3n) is 2.66. The molecule has 92 valence electrons. The van der Waals surface area contributed by atoms with Crippen LogP contribution in [0.4, 0.5) is 0 Å². The maximum atomic E-state index is 11.9. The number of carbonyl (C=O) groups excluding carboxylic acids is 1. The highest BCUT2D eigenvalue weighted by Crippen LogP contribution is 2.20. The van der Waals surface area contributed by atoms with Crippen LogP contribution in [0.25, 0.3) is 0 Å². The Balaban J connectivity index is 2.82. The number of carbonyl (C=O) groups is 1. The van der Waals surface area contributed by atoms with Crippen LogP contribution in [0.2, 0.25) is 0 Å². The molecule has 0 heterocycles. The van der Waals surface area contributed by atoms with Crippen molar-refractivity contribution in [2.24, 2.45) is 0 Å². The van der Waals surface area contributed by atoms with Crippen molar-refractivity contribution in [3.8, 4) is 0 Å². The molecule has 0 bridgehead atoms. The van der Waals surface area contributed by atoms with Crippen molar-refractivity contribution < 1.29 is 4.79 Å². The van der Waals surface area contributed by atoms with E-state index in [1.165, 1.54) is 0 Å². The normalized spacial score (nSPS) is 10.8. The summed E-state index contributed by atoms with van der Waals surface area (Å²) in [7, 11) is 0. The Morgan fingerprint density at radius 1 is 1.41 bits per heavy atom. The maximum Gasteiger partial charge on any atom is 0.255 e. The highest BCUT2D eigenvalue weighted by atomic mass is 79.9. The predicted molar refractivity (Wildman–Crippen MR) is 75.1 cm³/mol. The minimum Gasteiger partial charge on any atom is -0.329 e. The van der Waals surface area contributed by atoms with Gasteiger partial charge >= 0.3 is 0 Å². The van der Waals surface area contributed by atoms with Gasteiger partial charge < -0.3 is 5.32 Å². The maximum absolute atomic E-state index is 11.9. The summed E-state index contributed by atoms with van der Waals surface area (Å²) in [5.41, 5.74) is 2.86. The molecule has 0 aromatic heterocycles. The molecule has 3 heteroatoms. The second kappa shape index (κ2) is 6.60. The van der Waals surface area contributed by atoms with E-state index in [0.29, 0.717) is 0 Å². The summed E-state index contributed by atoms with van der Waals surface area (Å²) >= 11 is 3.41. The van der Waals surface area contributed by atoms with Gasteiger partial charge in [0.25, 0.3) is 5.91 Å². The molecule has 17 heavy (non-hydrogen) atoms. The summed E-state index contributed by atoms with van der Waals surface area (Å²) in [6.07, 6.45) is 5.76. The molecular weight excluding hydrogens is 278 g/mol. The third kappa shape index (κ3) is 4.00. The zero-order valence-electron chi connectivity index (χ0n) is 10.5. The number of nitrogens with one attached hydrogen (secondary N) is 1. The smallest absolute Gasteiger partial charge is 0.255 e. The van der Waals surface area contributed by atoms with Gasteiger partial charge in [0.15, 0.2) is 0 Å². The first-order valence-corrected chi connectivity index (χ1v) is 6.58. The monoisotopic (exact) mass is 295 g/mol. The molecule has 2 nitrogen and oxygen atoms in total. The van der Waals surface area contributed by atoms with Crippen molar-refractivity contribution in [3.05, 3.63) is 45.6 Å². The van der Waals surface area contributed by atoms with E-state index in [1.54, 1.807) is 6.20 Å². The van der Waals surface area contributed by atoms with E-state index in [2.05, 4.69) is 28.2 Å².